The minimum absolute atomic E-state index is 0.158. The molecule has 112 valence electrons. The Hall–Kier alpha value is -2.23. The normalized spacial score (nSPS) is 12.0. The Labute approximate surface area is 119 Å². The molecule has 0 aliphatic heterocycles. The highest BCUT2D eigenvalue weighted by atomic mass is 32.1. The molecule has 2 rings (SSSR count). The molecular formula is C11H7F5N4S. The van der Waals surface area contributed by atoms with Crippen LogP contribution in [0.2, 0.25) is 0 Å². The first-order valence-electron chi connectivity index (χ1n) is 5.33. The third kappa shape index (κ3) is 3.66. The minimum atomic E-state index is -4.92. The first-order chi connectivity index (χ1) is 9.77. The van der Waals surface area contributed by atoms with Crippen LogP contribution < -0.4 is 11.2 Å². The van der Waals surface area contributed by atoms with E-state index in [2.05, 4.69) is 15.5 Å². The number of halogens is 5. The number of thiazole rings is 1. The van der Waals surface area contributed by atoms with Gasteiger partial charge in [-0.15, -0.1) is 11.3 Å². The zero-order chi connectivity index (χ0) is 15.6. The van der Waals surface area contributed by atoms with E-state index >= 15 is 0 Å². The van der Waals surface area contributed by atoms with Crippen molar-refractivity contribution in [3.8, 4) is 0 Å². The number of hydrogen-bond acceptors (Lipinski definition) is 5. The number of nitrogens with two attached hydrogens (primary N) is 1. The van der Waals surface area contributed by atoms with Crippen LogP contribution in [0.1, 0.15) is 11.1 Å². The number of anilines is 2. The number of nitrogens with zero attached hydrogens (tertiary/aromatic N) is 2. The largest absolute Gasteiger partial charge is 0.419 e. The van der Waals surface area contributed by atoms with E-state index in [9.17, 15) is 22.0 Å². The lowest BCUT2D eigenvalue weighted by Gasteiger charge is -2.09. The average Bonchev–Trinajstić information content (AvgIpc) is 2.76. The van der Waals surface area contributed by atoms with Gasteiger partial charge in [0.25, 0.3) is 0 Å². The molecule has 2 aromatic rings. The molecule has 1 aromatic carbocycles. The lowest BCUT2D eigenvalue weighted by molar-refractivity contribution is -0.140. The third-order valence-corrected chi connectivity index (χ3v) is 3.04. The first kappa shape index (κ1) is 15.2. The van der Waals surface area contributed by atoms with Gasteiger partial charge >= 0.3 is 6.18 Å². The molecule has 0 spiro atoms. The average molecular weight is 322 g/mol. The van der Waals surface area contributed by atoms with E-state index in [0.717, 1.165) is 17.6 Å². The zero-order valence-corrected chi connectivity index (χ0v) is 10.9. The molecule has 0 amide bonds. The summed E-state index contributed by atoms with van der Waals surface area (Å²) >= 11 is 1.10. The number of hydrogen-bond donors (Lipinski definition) is 2. The highest BCUT2D eigenvalue weighted by molar-refractivity contribution is 7.14. The van der Waals surface area contributed by atoms with Crippen molar-refractivity contribution in [3.05, 3.63) is 40.3 Å². The lowest BCUT2D eigenvalue weighted by Crippen LogP contribution is -2.10. The Balaban J connectivity index is 2.23. The summed E-state index contributed by atoms with van der Waals surface area (Å²) in [5.74, 6) is -2.60. The molecule has 0 fully saturated rings. The second kappa shape index (κ2) is 5.64. The van der Waals surface area contributed by atoms with Gasteiger partial charge in [-0.3, -0.25) is 5.43 Å². The molecule has 0 aliphatic carbocycles. The van der Waals surface area contributed by atoms with Crippen molar-refractivity contribution in [2.75, 3.05) is 11.2 Å². The van der Waals surface area contributed by atoms with E-state index in [1.165, 1.54) is 5.38 Å². The lowest BCUT2D eigenvalue weighted by atomic mass is 10.1. The van der Waals surface area contributed by atoms with Crippen molar-refractivity contribution < 1.29 is 22.0 Å². The topological polar surface area (TPSA) is 63.3 Å². The molecule has 0 saturated heterocycles. The van der Waals surface area contributed by atoms with Crippen LogP contribution in [0.3, 0.4) is 0 Å². The van der Waals surface area contributed by atoms with Gasteiger partial charge in [-0.05, 0) is 6.07 Å². The molecule has 0 unspecified atom stereocenters. The Kier molecular flexibility index (Phi) is 4.07. The van der Waals surface area contributed by atoms with Crippen molar-refractivity contribution in [2.45, 2.75) is 6.18 Å². The molecule has 3 N–H and O–H groups in total. The molecule has 0 atom stereocenters. The summed E-state index contributed by atoms with van der Waals surface area (Å²) in [6, 6.07) is 0.498. The van der Waals surface area contributed by atoms with Crippen molar-refractivity contribution in [1.82, 2.24) is 4.98 Å². The summed E-state index contributed by atoms with van der Waals surface area (Å²) in [5.41, 5.74) is 5.64. The predicted molar refractivity (Wildman–Crippen MR) is 69.1 cm³/mol. The Morgan fingerprint density at radius 1 is 1.24 bits per heavy atom. The highest BCUT2D eigenvalue weighted by Crippen LogP contribution is 2.32. The molecule has 1 heterocycles. The number of aromatic nitrogens is 1. The molecule has 1 aromatic heterocycles. The van der Waals surface area contributed by atoms with Gasteiger partial charge in [-0.1, -0.05) is 0 Å². The van der Waals surface area contributed by atoms with E-state index < -0.39 is 28.9 Å². The van der Waals surface area contributed by atoms with Gasteiger partial charge in [0.05, 0.1) is 11.8 Å². The van der Waals surface area contributed by atoms with Crippen molar-refractivity contribution >= 4 is 28.5 Å². The minimum Gasteiger partial charge on any atom is -0.383 e. The SMILES string of the molecule is Nc1csc(NN=Cc2cc(C(F)(F)F)c(F)cc2F)n1. The molecule has 0 bridgehead atoms. The summed E-state index contributed by atoms with van der Waals surface area (Å²) < 4.78 is 64.0. The smallest absolute Gasteiger partial charge is 0.383 e. The van der Waals surface area contributed by atoms with Gasteiger partial charge in [0.1, 0.15) is 17.5 Å². The van der Waals surface area contributed by atoms with Gasteiger partial charge in [-0.25, -0.2) is 13.8 Å². The van der Waals surface area contributed by atoms with Crippen LogP contribution in [0.25, 0.3) is 0 Å². The van der Waals surface area contributed by atoms with Gasteiger partial charge in [-0.2, -0.15) is 18.3 Å². The van der Waals surface area contributed by atoms with Crippen LogP contribution in [0.4, 0.5) is 32.9 Å². The standard InChI is InChI=1S/C11H7F5N4S/c12-7-2-8(13)6(11(14,15)16)1-5(7)3-18-20-10-19-9(17)4-21-10/h1-4H,17H2,(H,19,20). The number of hydrazone groups is 1. The molecular weight excluding hydrogens is 315 g/mol. The summed E-state index contributed by atoms with van der Waals surface area (Å²) in [4.78, 5) is 3.77. The van der Waals surface area contributed by atoms with Crippen LogP contribution in [0.15, 0.2) is 22.6 Å². The number of rotatable bonds is 3. The van der Waals surface area contributed by atoms with Gasteiger partial charge in [0, 0.05) is 17.0 Å². The van der Waals surface area contributed by atoms with Gasteiger partial charge < -0.3 is 5.73 Å². The number of nitrogens with one attached hydrogen (secondary N) is 1. The predicted octanol–water partition coefficient (Wildman–Crippen LogP) is 3.47. The Morgan fingerprint density at radius 2 is 1.95 bits per heavy atom. The van der Waals surface area contributed by atoms with Crippen LogP contribution in [0.5, 0.6) is 0 Å². The molecule has 21 heavy (non-hydrogen) atoms. The second-order valence-corrected chi connectivity index (χ2v) is 4.66. The van der Waals surface area contributed by atoms with E-state index in [4.69, 9.17) is 5.73 Å². The number of nitrogen functional groups attached to an aromatic ring is 1. The number of alkyl halides is 3. The Bertz CT molecular complexity index is 680. The summed E-state index contributed by atoms with van der Waals surface area (Å²) in [6.45, 7) is 0. The maximum atomic E-state index is 13.4. The summed E-state index contributed by atoms with van der Waals surface area (Å²) in [7, 11) is 0. The fourth-order valence-corrected chi connectivity index (χ4v) is 1.93. The van der Waals surface area contributed by atoms with Crippen LogP contribution in [-0.4, -0.2) is 11.2 Å². The fourth-order valence-electron chi connectivity index (χ4n) is 1.38. The monoisotopic (exact) mass is 322 g/mol. The maximum Gasteiger partial charge on any atom is 0.419 e. The zero-order valence-electron chi connectivity index (χ0n) is 10.1. The highest BCUT2D eigenvalue weighted by Gasteiger charge is 2.34. The molecule has 0 radical (unpaired) electrons. The van der Waals surface area contributed by atoms with Gasteiger partial charge in [0.15, 0.2) is 0 Å². The first-order valence-corrected chi connectivity index (χ1v) is 6.21. The molecule has 4 nitrogen and oxygen atoms in total. The van der Waals surface area contributed by atoms with Crippen molar-refractivity contribution in [2.24, 2.45) is 5.10 Å². The van der Waals surface area contributed by atoms with E-state index in [1.807, 2.05) is 0 Å². The third-order valence-electron chi connectivity index (χ3n) is 2.28. The number of benzene rings is 1. The summed E-state index contributed by atoms with van der Waals surface area (Å²) in [5, 5.41) is 5.32. The van der Waals surface area contributed by atoms with Gasteiger partial charge in [0.2, 0.25) is 5.13 Å². The van der Waals surface area contributed by atoms with Crippen molar-refractivity contribution in [3.63, 3.8) is 0 Å². The van der Waals surface area contributed by atoms with Crippen LogP contribution in [0, 0.1) is 11.6 Å². The van der Waals surface area contributed by atoms with E-state index in [0.29, 0.717) is 6.07 Å². The van der Waals surface area contributed by atoms with Crippen LogP contribution >= 0.6 is 11.3 Å². The fraction of sp³-hybridized carbons (Fsp3) is 0.0909. The molecule has 0 saturated carbocycles. The van der Waals surface area contributed by atoms with E-state index in [1.54, 1.807) is 0 Å². The second-order valence-electron chi connectivity index (χ2n) is 3.80. The van der Waals surface area contributed by atoms with Crippen molar-refractivity contribution in [1.29, 1.82) is 0 Å². The molecule has 10 heteroatoms. The summed E-state index contributed by atoms with van der Waals surface area (Å²) in [6.07, 6.45) is -4.13. The maximum absolute atomic E-state index is 13.4. The quantitative estimate of drug-likeness (QED) is 0.517. The Morgan fingerprint density at radius 3 is 2.52 bits per heavy atom. The van der Waals surface area contributed by atoms with E-state index in [-0.39, 0.29) is 17.0 Å². The molecule has 0 aliphatic rings. The van der Waals surface area contributed by atoms with Crippen LogP contribution in [-0.2, 0) is 6.18 Å².